The Kier molecular flexibility index (Phi) is 4.37. The standard InChI is InChI=1S/C15H21NO2/c1-12-3-5-13(6-4-12)11-16-9-7-14(8-10-16)15(17)18-2/h3-6,14H,7-11H2,1-2H3/p+1. The molecule has 98 valence electrons. The van der Waals surface area contributed by atoms with Crippen molar-refractivity contribution in [1.82, 2.24) is 0 Å². The number of benzene rings is 1. The summed E-state index contributed by atoms with van der Waals surface area (Å²) >= 11 is 0. The molecular formula is C15H22NO2+. The topological polar surface area (TPSA) is 30.7 Å². The van der Waals surface area contributed by atoms with Gasteiger partial charge in [-0.05, 0) is 6.92 Å². The van der Waals surface area contributed by atoms with E-state index in [0.29, 0.717) is 0 Å². The van der Waals surface area contributed by atoms with E-state index in [0.717, 1.165) is 32.5 Å². The minimum atomic E-state index is -0.0376. The van der Waals surface area contributed by atoms with Crippen molar-refractivity contribution in [3.8, 4) is 0 Å². The Morgan fingerprint density at radius 2 is 1.89 bits per heavy atom. The lowest BCUT2D eigenvalue weighted by atomic mass is 9.96. The lowest BCUT2D eigenvalue weighted by Gasteiger charge is -2.27. The molecule has 0 aliphatic carbocycles. The first-order chi connectivity index (χ1) is 8.69. The maximum Gasteiger partial charge on any atom is 0.309 e. The van der Waals surface area contributed by atoms with Crippen molar-refractivity contribution in [2.45, 2.75) is 26.3 Å². The van der Waals surface area contributed by atoms with Crippen LogP contribution in [0.4, 0.5) is 0 Å². The van der Waals surface area contributed by atoms with Crippen LogP contribution in [-0.2, 0) is 16.1 Å². The zero-order valence-corrected chi connectivity index (χ0v) is 11.2. The van der Waals surface area contributed by atoms with Gasteiger partial charge in [-0.1, -0.05) is 29.8 Å². The number of rotatable bonds is 3. The van der Waals surface area contributed by atoms with E-state index < -0.39 is 0 Å². The molecule has 0 bridgehead atoms. The minimum absolute atomic E-state index is 0.0376. The van der Waals surface area contributed by atoms with E-state index in [-0.39, 0.29) is 11.9 Å². The Hall–Kier alpha value is -1.35. The van der Waals surface area contributed by atoms with E-state index in [1.54, 1.807) is 4.90 Å². The molecule has 0 aromatic heterocycles. The van der Waals surface area contributed by atoms with Gasteiger partial charge in [0.1, 0.15) is 6.54 Å². The van der Waals surface area contributed by atoms with Crippen molar-refractivity contribution >= 4 is 5.97 Å². The van der Waals surface area contributed by atoms with Gasteiger partial charge < -0.3 is 9.64 Å². The number of hydrogen-bond acceptors (Lipinski definition) is 2. The fraction of sp³-hybridized carbons (Fsp3) is 0.533. The van der Waals surface area contributed by atoms with Gasteiger partial charge in [-0.15, -0.1) is 0 Å². The molecule has 0 saturated carbocycles. The van der Waals surface area contributed by atoms with Crippen molar-refractivity contribution in [1.29, 1.82) is 0 Å². The van der Waals surface area contributed by atoms with Crippen LogP contribution in [-0.4, -0.2) is 26.2 Å². The number of esters is 1. The highest BCUT2D eigenvalue weighted by Gasteiger charge is 2.27. The molecule has 18 heavy (non-hydrogen) atoms. The molecule has 0 radical (unpaired) electrons. The molecule has 3 nitrogen and oxygen atoms in total. The lowest BCUT2D eigenvalue weighted by molar-refractivity contribution is -0.919. The number of carbonyl (C=O) groups is 1. The van der Waals surface area contributed by atoms with Gasteiger partial charge in [0.05, 0.1) is 26.1 Å². The number of carbonyl (C=O) groups excluding carboxylic acids is 1. The lowest BCUT2D eigenvalue weighted by Crippen LogP contribution is -3.11. The quantitative estimate of drug-likeness (QED) is 0.808. The number of nitrogens with one attached hydrogen (secondary N) is 1. The molecular weight excluding hydrogens is 226 g/mol. The molecule has 1 heterocycles. The first-order valence-corrected chi connectivity index (χ1v) is 6.66. The predicted octanol–water partition coefficient (Wildman–Crippen LogP) is 0.963. The van der Waals surface area contributed by atoms with Crippen molar-refractivity contribution < 1.29 is 14.4 Å². The second-order valence-electron chi connectivity index (χ2n) is 5.21. The molecule has 1 aromatic carbocycles. The third-order valence-electron chi connectivity index (χ3n) is 3.80. The van der Waals surface area contributed by atoms with Gasteiger partial charge >= 0.3 is 5.97 Å². The van der Waals surface area contributed by atoms with Crippen molar-refractivity contribution in [3.63, 3.8) is 0 Å². The first-order valence-electron chi connectivity index (χ1n) is 6.66. The third-order valence-corrected chi connectivity index (χ3v) is 3.80. The Bertz CT molecular complexity index is 391. The van der Waals surface area contributed by atoms with Crippen LogP contribution in [0.3, 0.4) is 0 Å². The fourth-order valence-corrected chi connectivity index (χ4v) is 2.60. The average molecular weight is 248 g/mol. The third kappa shape index (κ3) is 3.33. The van der Waals surface area contributed by atoms with E-state index in [1.165, 1.54) is 18.2 Å². The normalized spacial score (nSPS) is 23.7. The summed E-state index contributed by atoms with van der Waals surface area (Å²) in [5.41, 5.74) is 2.69. The van der Waals surface area contributed by atoms with Crippen molar-refractivity contribution in [3.05, 3.63) is 35.4 Å². The smallest absolute Gasteiger partial charge is 0.309 e. The maximum absolute atomic E-state index is 11.4. The largest absolute Gasteiger partial charge is 0.469 e. The van der Waals surface area contributed by atoms with Crippen LogP contribution in [0.2, 0.25) is 0 Å². The van der Waals surface area contributed by atoms with Gasteiger partial charge in [0.2, 0.25) is 0 Å². The molecule has 2 rings (SSSR count). The summed E-state index contributed by atoms with van der Waals surface area (Å²) in [4.78, 5) is 13.0. The van der Waals surface area contributed by atoms with Crippen LogP contribution in [0.25, 0.3) is 0 Å². The van der Waals surface area contributed by atoms with Gasteiger partial charge in [-0.25, -0.2) is 0 Å². The summed E-state index contributed by atoms with van der Waals surface area (Å²) in [6.45, 7) is 5.30. The molecule has 1 N–H and O–H groups in total. The van der Waals surface area contributed by atoms with E-state index in [1.807, 2.05) is 0 Å². The number of likely N-dealkylation sites (tertiary alicyclic amines) is 1. The minimum Gasteiger partial charge on any atom is -0.469 e. The van der Waals surface area contributed by atoms with E-state index in [2.05, 4.69) is 31.2 Å². The fourth-order valence-electron chi connectivity index (χ4n) is 2.60. The first kappa shape index (κ1) is 13.1. The van der Waals surface area contributed by atoms with Crippen molar-refractivity contribution in [2.24, 2.45) is 5.92 Å². The van der Waals surface area contributed by atoms with Crippen LogP contribution in [0, 0.1) is 12.8 Å². The molecule has 3 heteroatoms. The molecule has 0 atom stereocenters. The van der Waals surface area contributed by atoms with Gasteiger partial charge in [0.15, 0.2) is 0 Å². The van der Waals surface area contributed by atoms with Gasteiger partial charge in [-0.3, -0.25) is 4.79 Å². The highest BCUT2D eigenvalue weighted by molar-refractivity contribution is 5.72. The summed E-state index contributed by atoms with van der Waals surface area (Å²) in [6.07, 6.45) is 1.90. The van der Waals surface area contributed by atoms with Gasteiger partial charge in [0, 0.05) is 18.4 Å². The molecule has 0 spiro atoms. The van der Waals surface area contributed by atoms with Gasteiger partial charge in [0.25, 0.3) is 0 Å². The van der Waals surface area contributed by atoms with Crippen LogP contribution in [0.5, 0.6) is 0 Å². The molecule has 1 fully saturated rings. The van der Waals surface area contributed by atoms with E-state index >= 15 is 0 Å². The van der Waals surface area contributed by atoms with Crippen LogP contribution >= 0.6 is 0 Å². The maximum atomic E-state index is 11.4. The number of hydrogen-bond donors (Lipinski definition) is 1. The highest BCUT2D eigenvalue weighted by atomic mass is 16.5. The highest BCUT2D eigenvalue weighted by Crippen LogP contribution is 2.11. The van der Waals surface area contributed by atoms with Crippen molar-refractivity contribution in [2.75, 3.05) is 20.2 Å². The summed E-state index contributed by atoms with van der Waals surface area (Å²) in [7, 11) is 1.48. The van der Waals surface area contributed by atoms with Crippen LogP contribution < -0.4 is 4.90 Å². The summed E-state index contributed by atoms with van der Waals surface area (Å²) in [5.74, 6) is 0.0844. The SMILES string of the molecule is COC(=O)C1CC[NH+](Cc2ccc(C)cc2)CC1. The number of ether oxygens (including phenoxy) is 1. The van der Waals surface area contributed by atoms with E-state index in [4.69, 9.17) is 4.74 Å². The summed E-state index contributed by atoms with van der Waals surface area (Å²) in [6, 6.07) is 8.73. The Labute approximate surface area is 109 Å². The molecule has 1 aliphatic rings. The number of quaternary nitrogens is 1. The monoisotopic (exact) mass is 248 g/mol. The molecule has 1 aliphatic heterocycles. The Morgan fingerprint density at radius 3 is 2.44 bits per heavy atom. The number of methoxy groups -OCH3 is 1. The summed E-state index contributed by atoms with van der Waals surface area (Å²) < 4.78 is 4.81. The Morgan fingerprint density at radius 1 is 1.28 bits per heavy atom. The Balaban J connectivity index is 1.83. The molecule has 1 aromatic rings. The predicted molar refractivity (Wildman–Crippen MR) is 70.3 cm³/mol. The summed E-state index contributed by atoms with van der Waals surface area (Å²) in [5, 5.41) is 0. The zero-order chi connectivity index (χ0) is 13.0. The second kappa shape index (κ2) is 6.01. The molecule has 0 amide bonds. The van der Waals surface area contributed by atoms with E-state index in [9.17, 15) is 4.79 Å². The second-order valence-corrected chi connectivity index (χ2v) is 5.21. The number of piperidine rings is 1. The van der Waals surface area contributed by atoms with Crippen LogP contribution in [0.1, 0.15) is 24.0 Å². The van der Waals surface area contributed by atoms with Crippen LogP contribution in [0.15, 0.2) is 24.3 Å². The molecule has 1 saturated heterocycles. The number of aryl methyl sites for hydroxylation is 1. The molecule has 0 unspecified atom stereocenters. The average Bonchev–Trinajstić information content (AvgIpc) is 2.41. The van der Waals surface area contributed by atoms with Gasteiger partial charge in [-0.2, -0.15) is 0 Å². The zero-order valence-electron chi connectivity index (χ0n) is 11.2.